The number of fused-ring (bicyclic) bond motifs is 4. The molecule has 3 aromatic rings. The Labute approximate surface area is 151 Å². The van der Waals surface area contributed by atoms with E-state index in [1.165, 1.54) is 46.2 Å². The predicted molar refractivity (Wildman–Crippen MR) is 101 cm³/mol. The minimum absolute atomic E-state index is 0.0874. The lowest BCUT2D eigenvalue weighted by atomic mass is 9.96. The second-order valence-electron chi connectivity index (χ2n) is 6.80. The highest BCUT2D eigenvalue weighted by molar-refractivity contribution is 7.19. The molecule has 0 saturated heterocycles. The minimum Gasteiger partial charge on any atom is -0.371 e. The maximum absolute atomic E-state index is 6.03. The first kappa shape index (κ1) is 15.3. The molecular weight excluding hydrogens is 330 g/mol. The average Bonchev–Trinajstić information content (AvgIpc) is 3.05. The van der Waals surface area contributed by atoms with Gasteiger partial charge in [-0.15, -0.1) is 11.3 Å². The topological polar surface area (TPSA) is 47.0 Å². The van der Waals surface area contributed by atoms with E-state index in [1.54, 1.807) is 6.33 Å². The van der Waals surface area contributed by atoms with Gasteiger partial charge < -0.3 is 10.1 Å². The van der Waals surface area contributed by atoms with E-state index in [0.717, 1.165) is 36.6 Å². The standard InChI is InChI=1S/C20H21N3OS/c1-2-6-14-13(5-1)9-10-24-16(14)11-21-19-18-15-7-3-4-8-17(15)25-20(18)23-12-22-19/h1-2,5-6,12,16H,3-4,7-11H2,(H,21,22,23). The van der Waals surface area contributed by atoms with Crippen molar-refractivity contribution in [3.05, 3.63) is 52.2 Å². The third kappa shape index (κ3) is 2.71. The fourth-order valence-corrected chi connectivity index (χ4v) is 5.29. The van der Waals surface area contributed by atoms with E-state index in [9.17, 15) is 0 Å². The Kier molecular flexibility index (Phi) is 3.91. The molecule has 3 heterocycles. The van der Waals surface area contributed by atoms with E-state index in [2.05, 4.69) is 39.6 Å². The summed E-state index contributed by atoms with van der Waals surface area (Å²) in [4.78, 5) is 11.7. The fourth-order valence-electron chi connectivity index (χ4n) is 4.06. The summed E-state index contributed by atoms with van der Waals surface area (Å²) in [5.41, 5.74) is 4.18. The van der Waals surface area contributed by atoms with Gasteiger partial charge in [-0.05, 0) is 48.8 Å². The van der Waals surface area contributed by atoms with Crippen LogP contribution in [-0.2, 0) is 24.0 Å². The van der Waals surface area contributed by atoms with Crippen molar-refractivity contribution in [2.24, 2.45) is 0 Å². The molecule has 0 fully saturated rings. The smallest absolute Gasteiger partial charge is 0.138 e. The molecule has 1 aromatic carbocycles. The quantitative estimate of drug-likeness (QED) is 0.764. The minimum atomic E-state index is 0.0874. The number of aryl methyl sites for hydroxylation is 2. The van der Waals surface area contributed by atoms with Crippen molar-refractivity contribution in [2.45, 2.75) is 38.2 Å². The largest absolute Gasteiger partial charge is 0.371 e. The number of hydrogen-bond donors (Lipinski definition) is 1. The van der Waals surface area contributed by atoms with Crippen LogP contribution in [0.1, 0.15) is 40.5 Å². The molecule has 25 heavy (non-hydrogen) atoms. The van der Waals surface area contributed by atoms with Crippen molar-refractivity contribution in [2.75, 3.05) is 18.5 Å². The molecule has 5 rings (SSSR count). The van der Waals surface area contributed by atoms with Crippen LogP contribution < -0.4 is 5.32 Å². The molecule has 1 N–H and O–H groups in total. The summed E-state index contributed by atoms with van der Waals surface area (Å²) in [5.74, 6) is 0.969. The van der Waals surface area contributed by atoms with E-state index >= 15 is 0 Å². The Morgan fingerprint density at radius 3 is 3.04 bits per heavy atom. The van der Waals surface area contributed by atoms with E-state index in [-0.39, 0.29) is 6.10 Å². The summed E-state index contributed by atoms with van der Waals surface area (Å²) in [7, 11) is 0. The zero-order valence-electron chi connectivity index (χ0n) is 14.1. The number of aromatic nitrogens is 2. The zero-order valence-corrected chi connectivity index (χ0v) is 14.9. The molecule has 0 bridgehead atoms. The highest BCUT2D eigenvalue weighted by Gasteiger charge is 2.23. The van der Waals surface area contributed by atoms with E-state index in [1.807, 2.05) is 11.3 Å². The number of thiophene rings is 1. The van der Waals surface area contributed by atoms with Crippen molar-refractivity contribution < 1.29 is 4.74 Å². The second kappa shape index (κ2) is 6.39. The van der Waals surface area contributed by atoms with Crippen molar-refractivity contribution >= 4 is 27.4 Å². The van der Waals surface area contributed by atoms with Gasteiger partial charge in [-0.25, -0.2) is 9.97 Å². The molecule has 2 aromatic heterocycles. The molecule has 4 nitrogen and oxygen atoms in total. The number of rotatable bonds is 3. The summed E-state index contributed by atoms with van der Waals surface area (Å²) >= 11 is 1.84. The molecule has 0 spiro atoms. The van der Waals surface area contributed by atoms with Crippen LogP contribution in [0, 0.1) is 0 Å². The number of ether oxygens (including phenoxy) is 1. The van der Waals surface area contributed by atoms with E-state index in [0.29, 0.717) is 0 Å². The molecule has 1 aliphatic heterocycles. The summed E-state index contributed by atoms with van der Waals surface area (Å²) < 4.78 is 6.03. The normalized spacial score (nSPS) is 19.4. The first-order chi connectivity index (χ1) is 12.4. The molecule has 0 radical (unpaired) electrons. The Morgan fingerprint density at radius 1 is 1.12 bits per heavy atom. The van der Waals surface area contributed by atoms with Crippen molar-refractivity contribution in [3.8, 4) is 0 Å². The molecular formula is C20H21N3OS. The van der Waals surface area contributed by atoms with Crippen LogP contribution in [-0.4, -0.2) is 23.1 Å². The summed E-state index contributed by atoms with van der Waals surface area (Å²) in [6.07, 6.45) is 7.68. The first-order valence-electron chi connectivity index (χ1n) is 9.08. The highest BCUT2D eigenvalue weighted by Crippen LogP contribution is 2.38. The van der Waals surface area contributed by atoms with Gasteiger partial charge >= 0.3 is 0 Å². The summed E-state index contributed by atoms with van der Waals surface area (Å²) in [6.45, 7) is 1.53. The van der Waals surface area contributed by atoms with Crippen molar-refractivity contribution in [1.29, 1.82) is 0 Å². The molecule has 0 saturated carbocycles. The predicted octanol–water partition coefficient (Wildman–Crippen LogP) is 4.30. The number of nitrogens with zero attached hydrogens (tertiary/aromatic N) is 2. The van der Waals surface area contributed by atoms with E-state index in [4.69, 9.17) is 4.74 Å². The van der Waals surface area contributed by atoms with Gasteiger partial charge in [0.1, 0.15) is 17.0 Å². The molecule has 0 amide bonds. The van der Waals surface area contributed by atoms with Gasteiger partial charge in [0.25, 0.3) is 0 Å². The van der Waals surface area contributed by atoms with Gasteiger partial charge in [-0.2, -0.15) is 0 Å². The number of hydrogen-bond acceptors (Lipinski definition) is 5. The lowest BCUT2D eigenvalue weighted by molar-refractivity contribution is 0.0513. The number of nitrogens with one attached hydrogen (secondary N) is 1. The maximum Gasteiger partial charge on any atom is 0.138 e. The maximum atomic E-state index is 6.03. The second-order valence-corrected chi connectivity index (χ2v) is 7.89. The van der Waals surface area contributed by atoms with Gasteiger partial charge in [-0.1, -0.05) is 24.3 Å². The van der Waals surface area contributed by atoms with Crippen LogP contribution in [0.3, 0.4) is 0 Å². The molecule has 1 atom stereocenters. The Balaban J connectivity index is 1.45. The summed E-state index contributed by atoms with van der Waals surface area (Å²) in [6, 6.07) is 8.60. The van der Waals surface area contributed by atoms with Gasteiger partial charge in [0, 0.05) is 11.4 Å². The number of benzene rings is 1. The molecule has 1 unspecified atom stereocenters. The zero-order chi connectivity index (χ0) is 16.6. The average molecular weight is 351 g/mol. The Bertz CT molecular complexity index is 920. The summed E-state index contributed by atoms with van der Waals surface area (Å²) in [5, 5.41) is 4.81. The van der Waals surface area contributed by atoms with Gasteiger partial charge in [-0.3, -0.25) is 0 Å². The Hall–Kier alpha value is -1.98. The SMILES string of the molecule is c1ccc2c(c1)CCOC2CNc1ncnc2sc3c(c12)CCCC3. The first-order valence-corrected chi connectivity index (χ1v) is 9.90. The van der Waals surface area contributed by atoms with Crippen LogP contribution >= 0.6 is 11.3 Å². The van der Waals surface area contributed by atoms with Gasteiger partial charge in [0.2, 0.25) is 0 Å². The fraction of sp³-hybridized carbons (Fsp3) is 0.400. The van der Waals surface area contributed by atoms with Crippen molar-refractivity contribution in [3.63, 3.8) is 0 Å². The van der Waals surface area contributed by atoms with Crippen LogP contribution in [0.5, 0.6) is 0 Å². The Morgan fingerprint density at radius 2 is 2.04 bits per heavy atom. The van der Waals surface area contributed by atoms with Crippen LogP contribution in [0.15, 0.2) is 30.6 Å². The third-order valence-corrected chi connectivity index (χ3v) is 6.50. The molecule has 128 valence electrons. The van der Waals surface area contributed by atoms with Crippen molar-refractivity contribution in [1.82, 2.24) is 9.97 Å². The van der Waals surface area contributed by atoms with Crippen LogP contribution in [0.4, 0.5) is 5.82 Å². The van der Waals surface area contributed by atoms with Crippen LogP contribution in [0.2, 0.25) is 0 Å². The van der Waals surface area contributed by atoms with E-state index < -0.39 is 0 Å². The molecule has 2 aliphatic rings. The lowest BCUT2D eigenvalue weighted by Crippen LogP contribution is -2.23. The van der Waals surface area contributed by atoms with Gasteiger partial charge in [0.05, 0.1) is 18.1 Å². The molecule has 1 aliphatic carbocycles. The highest BCUT2D eigenvalue weighted by atomic mass is 32.1. The number of anilines is 1. The monoisotopic (exact) mass is 351 g/mol. The third-order valence-electron chi connectivity index (χ3n) is 5.30. The van der Waals surface area contributed by atoms with Gasteiger partial charge in [0.15, 0.2) is 0 Å². The van der Waals surface area contributed by atoms with Crippen LogP contribution in [0.25, 0.3) is 10.2 Å². The molecule has 5 heteroatoms. The lowest BCUT2D eigenvalue weighted by Gasteiger charge is -2.26.